The van der Waals surface area contributed by atoms with E-state index >= 15 is 0 Å². The number of hydrogen-bond donors (Lipinski definition) is 0. The Bertz CT molecular complexity index is 1260. The summed E-state index contributed by atoms with van der Waals surface area (Å²) in [5.41, 5.74) is 2.44. The summed E-state index contributed by atoms with van der Waals surface area (Å²) in [5.74, 6) is 0.101. The molecule has 3 aromatic rings. The third kappa shape index (κ3) is 5.41. The van der Waals surface area contributed by atoms with Crippen LogP contribution in [0.15, 0.2) is 79.0 Å². The van der Waals surface area contributed by atoms with Crippen LogP contribution in [0.4, 0.5) is 0 Å². The molecule has 4 nitrogen and oxygen atoms in total. The molecule has 30 heavy (non-hydrogen) atoms. The van der Waals surface area contributed by atoms with Crippen molar-refractivity contribution in [1.82, 2.24) is 0 Å². The highest BCUT2D eigenvalue weighted by Gasteiger charge is 2.21. The Kier molecular flexibility index (Phi) is 7.19. The highest BCUT2D eigenvalue weighted by molar-refractivity contribution is 9.11. The van der Waals surface area contributed by atoms with Crippen molar-refractivity contribution in [2.45, 2.75) is 11.8 Å². The molecule has 0 heterocycles. The standard InChI is InChI=1S/C22H14Br3NO3S/c1-14-2-8-20(9-3-14)30(27,28)29-22-16(11-19(24)12-21(22)25)10-17(13-26)15-4-6-18(23)7-5-15/h2-12H,1H3/b17-10+. The topological polar surface area (TPSA) is 67.2 Å². The summed E-state index contributed by atoms with van der Waals surface area (Å²) in [6.07, 6.45) is 1.60. The fraction of sp³-hybridized carbons (Fsp3) is 0.0455. The van der Waals surface area contributed by atoms with E-state index < -0.39 is 10.1 Å². The van der Waals surface area contributed by atoms with Crippen LogP contribution in [0.3, 0.4) is 0 Å². The Morgan fingerprint density at radius 3 is 2.20 bits per heavy atom. The molecule has 0 N–H and O–H groups in total. The lowest BCUT2D eigenvalue weighted by molar-refractivity contribution is 0.484. The Labute approximate surface area is 200 Å². The Hall–Kier alpha value is -1.92. The lowest BCUT2D eigenvalue weighted by Gasteiger charge is -2.13. The van der Waals surface area contributed by atoms with Gasteiger partial charge in [-0.1, -0.05) is 61.7 Å². The van der Waals surface area contributed by atoms with Crippen molar-refractivity contribution in [2.24, 2.45) is 0 Å². The van der Waals surface area contributed by atoms with Crippen LogP contribution in [-0.4, -0.2) is 8.42 Å². The molecule has 0 atom stereocenters. The van der Waals surface area contributed by atoms with E-state index in [0.29, 0.717) is 25.6 Å². The van der Waals surface area contributed by atoms with Crippen molar-refractivity contribution < 1.29 is 12.6 Å². The molecule has 0 aromatic heterocycles. The number of hydrogen-bond acceptors (Lipinski definition) is 4. The van der Waals surface area contributed by atoms with Gasteiger partial charge in [0.15, 0.2) is 5.75 Å². The van der Waals surface area contributed by atoms with E-state index in [1.54, 1.807) is 42.5 Å². The van der Waals surface area contributed by atoms with E-state index in [9.17, 15) is 13.7 Å². The van der Waals surface area contributed by atoms with Gasteiger partial charge in [-0.3, -0.25) is 0 Å². The number of benzene rings is 3. The predicted octanol–water partition coefficient (Wildman–Crippen LogP) is 7.11. The highest BCUT2D eigenvalue weighted by Crippen LogP contribution is 2.37. The van der Waals surface area contributed by atoms with E-state index in [2.05, 4.69) is 53.9 Å². The highest BCUT2D eigenvalue weighted by atomic mass is 79.9. The summed E-state index contributed by atoms with van der Waals surface area (Å²) in [5, 5.41) is 9.66. The summed E-state index contributed by atoms with van der Waals surface area (Å²) in [6, 6.07) is 19.2. The predicted molar refractivity (Wildman–Crippen MR) is 128 cm³/mol. The minimum absolute atomic E-state index is 0.0475. The first-order valence-electron chi connectivity index (χ1n) is 8.57. The van der Waals surface area contributed by atoms with Crippen LogP contribution >= 0.6 is 47.8 Å². The third-order valence-electron chi connectivity index (χ3n) is 4.12. The van der Waals surface area contributed by atoms with E-state index in [-0.39, 0.29) is 10.6 Å². The second-order valence-electron chi connectivity index (χ2n) is 6.33. The van der Waals surface area contributed by atoms with Gasteiger partial charge in [-0.15, -0.1) is 0 Å². The molecule has 3 aromatic carbocycles. The number of nitriles is 1. The van der Waals surface area contributed by atoms with Crippen LogP contribution in [-0.2, 0) is 10.1 Å². The first-order chi connectivity index (χ1) is 14.2. The van der Waals surface area contributed by atoms with Gasteiger partial charge in [0.25, 0.3) is 0 Å². The maximum atomic E-state index is 12.8. The minimum atomic E-state index is -4.06. The second kappa shape index (κ2) is 9.48. The van der Waals surface area contributed by atoms with E-state index in [4.69, 9.17) is 4.18 Å². The van der Waals surface area contributed by atoms with E-state index in [1.807, 2.05) is 19.1 Å². The van der Waals surface area contributed by atoms with Crippen molar-refractivity contribution in [3.63, 3.8) is 0 Å². The fourth-order valence-corrected chi connectivity index (χ4v) is 5.29. The van der Waals surface area contributed by atoms with Gasteiger partial charge in [-0.2, -0.15) is 13.7 Å². The van der Waals surface area contributed by atoms with Gasteiger partial charge in [0.05, 0.1) is 16.1 Å². The monoisotopic (exact) mass is 609 g/mol. The summed E-state index contributed by atoms with van der Waals surface area (Å²) in [4.78, 5) is 0.0475. The first kappa shape index (κ1) is 22.8. The van der Waals surface area contributed by atoms with Gasteiger partial charge in [0, 0.05) is 14.5 Å². The lowest BCUT2D eigenvalue weighted by atomic mass is 10.0. The van der Waals surface area contributed by atoms with Crippen molar-refractivity contribution in [2.75, 3.05) is 0 Å². The SMILES string of the molecule is Cc1ccc(S(=O)(=O)Oc2c(Br)cc(Br)cc2/C=C(\C#N)c2ccc(Br)cc2)cc1. The number of allylic oxidation sites excluding steroid dienone is 1. The largest absolute Gasteiger partial charge is 0.377 e. The molecule has 152 valence electrons. The molecule has 0 saturated carbocycles. The zero-order valence-corrected chi connectivity index (χ0v) is 21.1. The normalized spacial score (nSPS) is 11.8. The second-order valence-corrected chi connectivity index (χ2v) is 10.6. The number of halogens is 3. The van der Waals surface area contributed by atoms with Gasteiger partial charge >= 0.3 is 10.1 Å². The van der Waals surface area contributed by atoms with Gasteiger partial charge in [0.1, 0.15) is 4.90 Å². The van der Waals surface area contributed by atoms with Crippen LogP contribution in [0.2, 0.25) is 0 Å². The van der Waals surface area contributed by atoms with Crippen molar-refractivity contribution in [3.8, 4) is 11.8 Å². The molecule has 0 unspecified atom stereocenters. The van der Waals surface area contributed by atoms with Crippen LogP contribution in [0.1, 0.15) is 16.7 Å². The van der Waals surface area contributed by atoms with Gasteiger partial charge in [-0.05, 0) is 70.9 Å². The Morgan fingerprint density at radius 2 is 1.60 bits per heavy atom. The molecular weight excluding hydrogens is 598 g/mol. The fourth-order valence-electron chi connectivity index (χ4n) is 2.60. The van der Waals surface area contributed by atoms with Crippen molar-refractivity contribution >= 4 is 69.6 Å². The third-order valence-corrected chi connectivity index (χ3v) is 6.93. The number of nitrogens with zero attached hydrogens (tertiary/aromatic N) is 1. The zero-order valence-electron chi connectivity index (χ0n) is 15.6. The number of rotatable bonds is 5. The molecule has 0 saturated heterocycles. The van der Waals surface area contributed by atoms with Crippen molar-refractivity contribution in [1.29, 1.82) is 5.26 Å². The summed E-state index contributed by atoms with van der Waals surface area (Å²) in [7, 11) is -4.06. The summed E-state index contributed by atoms with van der Waals surface area (Å²) in [6.45, 7) is 1.87. The molecular formula is C22H14Br3NO3S. The zero-order chi connectivity index (χ0) is 21.9. The molecule has 3 rings (SSSR count). The molecule has 0 aliphatic carbocycles. The smallest absolute Gasteiger partial charge is 0.339 e. The average molecular weight is 612 g/mol. The van der Waals surface area contributed by atoms with E-state index in [1.165, 1.54) is 12.1 Å². The molecule has 0 aliphatic rings. The van der Waals surface area contributed by atoms with Gasteiger partial charge in [-0.25, -0.2) is 0 Å². The van der Waals surface area contributed by atoms with Crippen molar-refractivity contribution in [3.05, 3.63) is 90.8 Å². The molecule has 0 spiro atoms. The molecule has 8 heteroatoms. The van der Waals surface area contributed by atoms with Crippen LogP contribution in [0.5, 0.6) is 5.75 Å². The summed E-state index contributed by atoms with van der Waals surface area (Å²) >= 11 is 10.2. The quantitative estimate of drug-likeness (QED) is 0.175. The molecule has 0 fully saturated rings. The maximum Gasteiger partial charge on any atom is 0.339 e. The Morgan fingerprint density at radius 1 is 0.967 bits per heavy atom. The van der Waals surface area contributed by atoms with E-state index in [0.717, 1.165) is 10.0 Å². The minimum Gasteiger partial charge on any atom is -0.377 e. The average Bonchev–Trinajstić information content (AvgIpc) is 2.69. The lowest BCUT2D eigenvalue weighted by Crippen LogP contribution is -2.11. The molecule has 0 bridgehead atoms. The van der Waals surface area contributed by atoms with Crippen LogP contribution in [0, 0.1) is 18.3 Å². The van der Waals surface area contributed by atoms with Crippen LogP contribution in [0.25, 0.3) is 11.6 Å². The first-order valence-corrected chi connectivity index (χ1v) is 12.4. The van der Waals surface area contributed by atoms with Gasteiger partial charge < -0.3 is 4.18 Å². The maximum absolute atomic E-state index is 12.8. The van der Waals surface area contributed by atoms with Crippen LogP contribution < -0.4 is 4.18 Å². The number of aryl methyl sites for hydroxylation is 1. The van der Waals surface area contributed by atoms with Gasteiger partial charge in [0.2, 0.25) is 0 Å². The summed E-state index contributed by atoms with van der Waals surface area (Å²) < 4.78 is 33.2. The Balaban J connectivity index is 2.09. The molecule has 0 amide bonds. The molecule has 0 radical (unpaired) electrons. The molecule has 0 aliphatic heterocycles.